The van der Waals surface area contributed by atoms with E-state index in [0.717, 1.165) is 0 Å². The number of Topliss-reactive ketones (excluding diaryl/α,β-unsaturated/α-hetero) is 1. The first-order chi connectivity index (χ1) is 16.9. The van der Waals surface area contributed by atoms with E-state index in [1.807, 2.05) is 0 Å². The SMILES string of the molecule is COc1cccc(C(=O)Oc2ccc3c(c2C)O/C(=C\c2ccc(OC)c(OC)c2OC)C3=O)c1. The molecule has 0 unspecified atom stereocenters. The minimum atomic E-state index is -0.554. The lowest BCUT2D eigenvalue weighted by molar-refractivity contribution is 0.0732. The van der Waals surface area contributed by atoms with Gasteiger partial charge in [0.15, 0.2) is 17.3 Å². The van der Waals surface area contributed by atoms with Crippen LogP contribution in [-0.4, -0.2) is 40.2 Å². The number of carbonyl (C=O) groups excluding carboxylic acids is 2. The lowest BCUT2D eigenvalue weighted by Gasteiger charge is -2.14. The minimum Gasteiger partial charge on any atom is -0.497 e. The van der Waals surface area contributed by atoms with Crippen LogP contribution in [0.25, 0.3) is 6.08 Å². The summed E-state index contributed by atoms with van der Waals surface area (Å²) in [4.78, 5) is 25.7. The average Bonchev–Trinajstić information content (AvgIpc) is 3.20. The zero-order valence-electron chi connectivity index (χ0n) is 20.0. The summed E-state index contributed by atoms with van der Waals surface area (Å²) >= 11 is 0. The van der Waals surface area contributed by atoms with E-state index < -0.39 is 5.97 Å². The third-order valence-corrected chi connectivity index (χ3v) is 5.57. The highest BCUT2D eigenvalue weighted by molar-refractivity contribution is 6.15. The number of benzene rings is 3. The minimum absolute atomic E-state index is 0.102. The number of hydrogen-bond donors (Lipinski definition) is 0. The van der Waals surface area contributed by atoms with Crippen molar-refractivity contribution in [2.75, 3.05) is 28.4 Å². The molecule has 0 amide bonds. The van der Waals surface area contributed by atoms with Crippen LogP contribution in [0.2, 0.25) is 0 Å². The summed E-state index contributed by atoms with van der Waals surface area (Å²) in [6, 6.07) is 13.2. The quantitative estimate of drug-likeness (QED) is 0.271. The van der Waals surface area contributed by atoms with Crippen molar-refractivity contribution in [3.8, 4) is 34.5 Å². The number of ketones is 1. The van der Waals surface area contributed by atoms with Gasteiger partial charge in [0.1, 0.15) is 17.2 Å². The molecule has 3 aromatic rings. The van der Waals surface area contributed by atoms with Gasteiger partial charge >= 0.3 is 5.97 Å². The monoisotopic (exact) mass is 476 g/mol. The number of hydrogen-bond acceptors (Lipinski definition) is 8. The highest BCUT2D eigenvalue weighted by atomic mass is 16.5. The van der Waals surface area contributed by atoms with Crippen molar-refractivity contribution in [2.24, 2.45) is 0 Å². The zero-order valence-corrected chi connectivity index (χ0v) is 20.0. The fraction of sp³-hybridized carbons (Fsp3) is 0.185. The molecule has 0 atom stereocenters. The standard InChI is InChI=1S/C27H24O8/c1-15-20(35-27(29)17-7-6-8-18(13-17)30-2)12-10-19-23(28)22(34-24(15)19)14-16-9-11-21(31-3)26(33-5)25(16)32-4/h6-14H,1-5H3/b22-14-. The van der Waals surface area contributed by atoms with Gasteiger partial charge in [0.2, 0.25) is 11.5 Å². The fourth-order valence-corrected chi connectivity index (χ4v) is 3.77. The van der Waals surface area contributed by atoms with E-state index in [1.54, 1.807) is 61.5 Å². The molecule has 1 aliphatic rings. The Morgan fingerprint density at radius 2 is 1.60 bits per heavy atom. The molecule has 0 bridgehead atoms. The maximum Gasteiger partial charge on any atom is 0.343 e. The Morgan fingerprint density at radius 3 is 2.29 bits per heavy atom. The molecule has 0 saturated heterocycles. The van der Waals surface area contributed by atoms with Crippen molar-refractivity contribution in [2.45, 2.75) is 6.92 Å². The van der Waals surface area contributed by atoms with Gasteiger partial charge in [-0.15, -0.1) is 0 Å². The summed E-state index contributed by atoms with van der Waals surface area (Å²) in [5.74, 6) is 1.70. The van der Waals surface area contributed by atoms with Crippen LogP contribution in [0, 0.1) is 6.92 Å². The zero-order chi connectivity index (χ0) is 25.1. The molecule has 180 valence electrons. The second-order valence-corrected chi connectivity index (χ2v) is 7.55. The van der Waals surface area contributed by atoms with E-state index in [-0.39, 0.29) is 17.3 Å². The molecule has 0 aliphatic carbocycles. The predicted octanol–water partition coefficient (Wildman–Crippen LogP) is 4.86. The Labute approximate surface area is 202 Å². The Hall–Kier alpha value is -4.46. The number of ether oxygens (including phenoxy) is 6. The first-order valence-electron chi connectivity index (χ1n) is 10.6. The molecular formula is C27H24O8. The molecule has 1 heterocycles. The van der Waals surface area contributed by atoms with Crippen LogP contribution >= 0.6 is 0 Å². The summed E-state index contributed by atoms with van der Waals surface area (Å²) in [5.41, 5.74) is 1.80. The Morgan fingerprint density at radius 1 is 0.857 bits per heavy atom. The van der Waals surface area contributed by atoms with Gasteiger partial charge in [-0.05, 0) is 55.5 Å². The van der Waals surface area contributed by atoms with Crippen LogP contribution in [-0.2, 0) is 0 Å². The van der Waals surface area contributed by atoms with Crippen LogP contribution in [0.4, 0.5) is 0 Å². The van der Waals surface area contributed by atoms with Crippen LogP contribution in [0.15, 0.2) is 54.3 Å². The second-order valence-electron chi connectivity index (χ2n) is 7.55. The van der Waals surface area contributed by atoms with Crippen molar-refractivity contribution in [1.29, 1.82) is 0 Å². The maximum absolute atomic E-state index is 13.0. The molecule has 0 N–H and O–H groups in total. The highest BCUT2D eigenvalue weighted by Crippen LogP contribution is 2.43. The Balaban J connectivity index is 1.64. The van der Waals surface area contributed by atoms with Gasteiger partial charge in [-0.3, -0.25) is 4.79 Å². The van der Waals surface area contributed by atoms with Gasteiger partial charge < -0.3 is 28.4 Å². The number of methoxy groups -OCH3 is 4. The molecule has 0 saturated carbocycles. The predicted molar refractivity (Wildman–Crippen MR) is 128 cm³/mol. The smallest absolute Gasteiger partial charge is 0.343 e. The first-order valence-corrected chi connectivity index (χ1v) is 10.6. The van der Waals surface area contributed by atoms with Crippen molar-refractivity contribution < 1.29 is 38.0 Å². The van der Waals surface area contributed by atoms with E-state index in [0.29, 0.717) is 51.0 Å². The second kappa shape index (κ2) is 9.80. The average molecular weight is 476 g/mol. The van der Waals surface area contributed by atoms with E-state index in [9.17, 15) is 9.59 Å². The molecule has 0 fully saturated rings. The summed E-state index contributed by atoms with van der Waals surface area (Å²) in [6.45, 7) is 1.72. The lowest BCUT2D eigenvalue weighted by atomic mass is 10.1. The third-order valence-electron chi connectivity index (χ3n) is 5.57. The molecule has 0 radical (unpaired) electrons. The summed E-state index contributed by atoms with van der Waals surface area (Å²) < 4.78 is 32.9. The topological polar surface area (TPSA) is 89.5 Å². The molecule has 0 aromatic heterocycles. The summed E-state index contributed by atoms with van der Waals surface area (Å²) in [5, 5.41) is 0. The Bertz CT molecular complexity index is 1340. The lowest BCUT2D eigenvalue weighted by Crippen LogP contribution is -2.09. The maximum atomic E-state index is 13.0. The number of esters is 1. The molecule has 1 aliphatic heterocycles. The summed E-state index contributed by atoms with van der Waals surface area (Å²) in [7, 11) is 6.05. The number of carbonyl (C=O) groups is 2. The van der Waals surface area contributed by atoms with Crippen molar-refractivity contribution in [3.05, 3.63) is 76.5 Å². The van der Waals surface area contributed by atoms with Crippen LogP contribution in [0.5, 0.6) is 34.5 Å². The van der Waals surface area contributed by atoms with E-state index in [1.165, 1.54) is 28.4 Å². The first kappa shape index (κ1) is 23.7. The van der Waals surface area contributed by atoms with Crippen molar-refractivity contribution in [1.82, 2.24) is 0 Å². The van der Waals surface area contributed by atoms with Gasteiger partial charge in [0, 0.05) is 11.1 Å². The van der Waals surface area contributed by atoms with Gasteiger partial charge in [0.25, 0.3) is 0 Å². The van der Waals surface area contributed by atoms with Crippen molar-refractivity contribution in [3.63, 3.8) is 0 Å². The van der Waals surface area contributed by atoms with E-state index in [2.05, 4.69) is 0 Å². The van der Waals surface area contributed by atoms with Crippen LogP contribution in [0.1, 0.15) is 31.8 Å². The number of fused-ring (bicyclic) bond motifs is 1. The molecular weight excluding hydrogens is 452 g/mol. The third kappa shape index (κ3) is 4.38. The number of rotatable bonds is 7. The molecule has 8 heteroatoms. The summed E-state index contributed by atoms with van der Waals surface area (Å²) in [6.07, 6.45) is 1.57. The Kier molecular flexibility index (Phi) is 6.64. The van der Waals surface area contributed by atoms with Gasteiger partial charge in [-0.25, -0.2) is 4.79 Å². The van der Waals surface area contributed by atoms with E-state index >= 15 is 0 Å². The fourth-order valence-electron chi connectivity index (χ4n) is 3.77. The van der Waals surface area contributed by atoms with Gasteiger partial charge in [0.05, 0.1) is 39.6 Å². The van der Waals surface area contributed by atoms with Crippen LogP contribution < -0.4 is 28.4 Å². The van der Waals surface area contributed by atoms with Crippen molar-refractivity contribution >= 4 is 17.8 Å². The molecule has 35 heavy (non-hydrogen) atoms. The van der Waals surface area contributed by atoms with E-state index in [4.69, 9.17) is 28.4 Å². The highest BCUT2D eigenvalue weighted by Gasteiger charge is 2.31. The van der Waals surface area contributed by atoms with Crippen LogP contribution in [0.3, 0.4) is 0 Å². The molecule has 3 aromatic carbocycles. The number of allylic oxidation sites excluding steroid dienone is 1. The van der Waals surface area contributed by atoms with Gasteiger partial charge in [-0.2, -0.15) is 0 Å². The normalized spacial score (nSPS) is 13.2. The molecule has 8 nitrogen and oxygen atoms in total. The molecule has 0 spiro atoms. The largest absolute Gasteiger partial charge is 0.497 e. The molecule has 4 rings (SSSR count). The van der Waals surface area contributed by atoms with Gasteiger partial charge in [-0.1, -0.05) is 6.07 Å².